The Morgan fingerprint density at radius 2 is 1.65 bits per heavy atom. The van der Waals surface area contributed by atoms with Crippen LogP contribution < -0.4 is 10.6 Å². The molecule has 0 spiro atoms. The van der Waals surface area contributed by atoms with Crippen LogP contribution in [0.1, 0.15) is 57.4 Å². The highest BCUT2D eigenvalue weighted by atomic mass is 35.5. The van der Waals surface area contributed by atoms with E-state index in [4.69, 9.17) is 11.6 Å². The molecule has 0 aliphatic carbocycles. The molecule has 0 atom stereocenters. The maximum Gasteiger partial charge on any atom is 0.313 e. The Balaban J connectivity index is 2.22. The Kier molecular flexibility index (Phi) is 9.37. The molecule has 1 aromatic carbocycles. The van der Waals surface area contributed by atoms with Crippen LogP contribution in [0.3, 0.4) is 0 Å². The topological polar surface area (TPSA) is 58.2 Å². The molecule has 0 heterocycles. The van der Waals surface area contributed by atoms with Gasteiger partial charge in [-0.3, -0.25) is 9.59 Å². The zero-order valence-electron chi connectivity index (χ0n) is 14.1. The van der Waals surface area contributed by atoms with Crippen molar-refractivity contribution in [2.45, 2.75) is 58.8 Å². The normalized spacial score (nSPS) is 10.4. The van der Waals surface area contributed by atoms with Gasteiger partial charge in [0.25, 0.3) is 0 Å². The first-order valence-corrected chi connectivity index (χ1v) is 8.78. The second-order valence-electron chi connectivity index (χ2n) is 5.74. The molecule has 2 amide bonds. The van der Waals surface area contributed by atoms with Crippen molar-refractivity contribution in [3.63, 3.8) is 0 Å². The lowest BCUT2D eigenvalue weighted by molar-refractivity contribution is -0.136. The third-order valence-electron chi connectivity index (χ3n) is 3.79. The average molecular weight is 339 g/mol. The Morgan fingerprint density at radius 3 is 2.35 bits per heavy atom. The summed E-state index contributed by atoms with van der Waals surface area (Å²) >= 11 is 5.99. The van der Waals surface area contributed by atoms with Gasteiger partial charge in [0.15, 0.2) is 0 Å². The molecule has 0 aliphatic rings. The zero-order valence-corrected chi connectivity index (χ0v) is 14.8. The molecule has 0 saturated carbocycles. The molecule has 0 fully saturated rings. The van der Waals surface area contributed by atoms with Gasteiger partial charge in [0, 0.05) is 17.3 Å². The smallest absolute Gasteiger partial charge is 0.313 e. The number of carbonyl (C=O) groups is 2. The van der Waals surface area contributed by atoms with E-state index in [0.29, 0.717) is 17.3 Å². The van der Waals surface area contributed by atoms with E-state index in [1.54, 1.807) is 25.1 Å². The molecule has 0 unspecified atom stereocenters. The molecule has 2 N–H and O–H groups in total. The number of amides is 2. The van der Waals surface area contributed by atoms with Crippen molar-refractivity contribution in [3.05, 3.63) is 28.8 Å². The summed E-state index contributed by atoms with van der Waals surface area (Å²) in [7, 11) is 0. The van der Waals surface area contributed by atoms with Gasteiger partial charge in [-0.1, -0.05) is 63.1 Å². The number of unbranched alkanes of at least 4 members (excludes halogenated alkanes) is 6. The van der Waals surface area contributed by atoms with Crippen molar-refractivity contribution in [1.82, 2.24) is 5.32 Å². The lowest BCUT2D eigenvalue weighted by Gasteiger charge is -2.09. The van der Waals surface area contributed by atoms with E-state index >= 15 is 0 Å². The summed E-state index contributed by atoms with van der Waals surface area (Å²) in [5.74, 6) is -1.26. The predicted octanol–water partition coefficient (Wildman–Crippen LogP) is 4.45. The van der Waals surface area contributed by atoms with Crippen molar-refractivity contribution in [3.8, 4) is 0 Å². The quantitative estimate of drug-likeness (QED) is 0.516. The Labute approximate surface area is 144 Å². The minimum absolute atomic E-state index is 0.536. The number of rotatable bonds is 9. The molecule has 0 radical (unpaired) electrons. The van der Waals surface area contributed by atoms with Crippen LogP contribution in [-0.4, -0.2) is 18.4 Å². The minimum Gasteiger partial charge on any atom is -0.348 e. The van der Waals surface area contributed by atoms with Crippen molar-refractivity contribution < 1.29 is 9.59 Å². The molecule has 1 aromatic rings. The van der Waals surface area contributed by atoms with Gasteiger partial charge in [-0.2, -0.15) is 0 Å². The van der Waals surface area contributed by atoms with Crippen molar-refractivity contribution in [2.75, 3.05) is 11.9 Å². The van der Waals surface area contributed by atoms with E-state index in [0.717, 1.165) is 18.4 Å². The molecule has 0 saturated heterocycles. The summed E-state index contributed by atoms with van der Waals surface area (Å²) in [6, 6.07) is 5.21. The van der Waals surface area contributed by atoms with E-state index in [1.807, 2.05) is 0 Å². The van der Waals surface area contributed by atoms with Crippen LogP contribution in [0.15, 0.2) is 18.2 Å². The van der Waals surface area contributed by atoms with Gasteiger partial charge in [0.1, 0.15) is 0 Å². The van der Waals surface area contributed by atoms with E-state index in [9.17, 15) is 9.59 Å². The maximum absolute atomic E-state index is 11.8. The molecule has 1 rings (SSSR count). The molecule has 5 heteroatoms. The Hall–Kier alpha value is -1.55. The highest BCUT2D eigenvalue weighted by Gasteiger charge is 2.14. The first kappa shape index (κ1) is 19.5. The molecule has 0 bridgehead atoms. The molecule has 4 nitrogen and oxygen atoms in total. The van der Waals surface area contributed by atoms with Crippen LogP contribution in [0.2, 0.25) is 5.02 Å². The fourth-order valence-electron chi connectivity index (χ4n) is 2.29. The van der Waals surface area contributed by atoms with Crippen molar-refractivity contribution in [2.24, 2.45) is 0 Å². The number of hydrogen-bond donors (Lipinski definition) is 2. The largest absolute Gasteiger partial charge is 0.348 e. The zero-order chi connectivity index (χ0) is 17.1. The molecule has 23 heavy (non-hydrogen) atoms. The SMILES string of the molecule is CCCCCCCCCNC(=O)C(=O)Nc1cccc(Cl)c1C. The van der Waals surface area contributed by atoms with Crippen LogP contribution in [0.25, 0.3) is 0 Å². The predicted molar refractivity (Wildman–Crippen MR) is 95.8 cm³/mol. The molecule has 0 aromatic heterocycles. The highest BCUT2D eigenvalue weighted by molar-refractivity contribution is 6.40. The lowest BCUT2D eigenvalue weighted by atomic mass is 10.1. The van der Waals surface area contributed by atoms with Crippen LogP contribution in [0.4, 0.5) is 5.69 Å². The summed E-state index contributed by atoms with van der Waals surface area (Å²) in [6.07, 6.45) is 8.24. The van der Waals surface area contributed by atoms with Gasteiger partial charge in [0.2, 0.25) is 0 Å². The monoisotopic (exact) mass is 338 g/mol. The van der Waals surface area contributed by atoms with Crippen LogP contribution in [-0.2, 0) is 9.59 Å². The van der Waals surface area contributed by atoms with Gasteiger partial charge in [0.05, 0.1) is 0 Å². The lowest BCUT2D eigenvalue weighted by Crippen LogP contribution is -2.36. The molecule has 0 aliphatic heterocycles. The fraction of sp³-hybridized carbons (Fsp3) is 0.556. The standard InChI is InChI=1S/C18H27ClN2O2/c1-3-4-5-6-7-8-9-13-20-17(22)18(23)21-16-12-10-11-15(19)14(16)2/h10-12H,3-9,13H2,1-2H3,(H,20,22)(H,21,23). The van der Waals surface area contributed by atoms with Gasteiger partial charge in [-0.25, -0.2) is 0 Å². The summed E-state index contributed by atoms with van der Waals surface area (Å²) in [4.78, 5) is 23.6. The number of carbonyl (C=O) groups excluding carboxylic acids is 2. The second-order valence-corrected chi connectivity index (χ2v) is 6.15. The van der Waals surface area contributed by atoms with Gasteiger partial charge >= 0.3 is 11.8 Å². The molecule has 128 valence electrons. The van der Waals surface area contributed by atoms with E-state index in [-0.39, 0.29) is 0 Å². The van der Waals surface area contributed by atoms with Crippen LogP contribution in [0, 0.1) is 6.92 Å². The second kappa shape index (κ2) is 11.1. The van der Waals surface area contributed by atoms with E-state index < -0.39 is 11.8 Å². The third kappa shape index (κ3) is 7.51. The van der Waals surface area contributed by atoms with E-state index in [1.165, 1.54) is 32.1 Å². The van der Waals surface area contributed by atoms with Gasteiger partial charge in [-0.05, 0) is 31.0 Å². The van der Waals surface area contributed by atoms with Crippen molar-refractivity contribution >= 4 is 29.1 Å². The Bertz CT molecular complexity index is 518. The summed E-state index contributed by atoms with van der Waals surface area (Å²) in [6.45, 7) is 4.54. The average Bonchev–Trinajstić information content (AvgIpc) is 2.54. The third-order valence-corrected chi connectivity index (χ3v) is 4.20. The summed E-state index contributed by atoms with van der Waals surface area (Å²) < 4.78 is 0. The fourth-order valence-corrected chi connectivity index (χ4v) is 2.46. The molecular formula is C18H27ClN2O2. The Morgan fingerprint density at radius 1 is 1.00 bits per heavy atom. The molecular weight excluding hydrogens is 312 g/mol. The number of halogens is 1. The number of anilines is 1. The first-order valence-electron chi connectivity index (χ1n) is 8.40. The van der Waals surface area contributed by atoms with Crippen LogP contribution in [0.5, 0.6) is 0 Å². The number of hydrogen-bond acceptors (Lipinski definition) is 2. The minimum atomic E-state index is -0.654. The summed E-state index contributed by atoms with van der Waals surface area (Å²) in [5, 5.41) is 5.81. The van der Waals surface area contributed by atoms with Gasteiger partial charge in [-0.15, -0.1) is 0 Å². The highest BCUT2D eigenvalue weighted by Crippen LogP contribution is 2.22. The number of nitrogens with one attached hydrogen (secondary N) is 2. The van der Waals surface area contributed by atoms with Crippen LogP contribution >= 0.6 is 11.6 Å². The summed E-state index contributed by atoms with van der Waals surface area (Å²) in [5.41, 5.74) is 1.32. The van der Waals surface area contributed by atoms with E-state index in [2.05, 4.69) is 17.6 Å². The maximum atomic E-state index is 11.8. The van der Waals surface area contributed by atoms with Crippen molar-refractivity contribution in [1.29, 1.82) is 0 Å². The number of benzene rings is 1. The first-order chi connectivity index (χ1) is 11.1. The van der Waals surface area contributed by atoms with Gasteiger partial charge < -0.3 is 10.6 Å².